The number of benzene rings is 1. The van der Waals surface area contributed by atoms with Crippen LogP contribution in [0.2, 0.25) is 0 Å². The molecule has 5 heteroatoms. The molecule has 0 unspecified atom stereocenters. The van der Waals surface area contributed by atoms with Gasteiger partial charge in [0, 0.05) is 19.2 Å². The summed E-state index contributed by atoms with van der Waals surface area (Å²) in [4.78, 5) is 24.7. The molecule has 1 aliphatic heterocycles. The van der Waals surface area contributed by atoms with Crippen LogP contribution in [0.1, 0.15) is 18.4 Å². The van der Waals surface area contributed by atoms with Gasteiger partial charge in [0.05, 0.1) is 13.0 Å². The number of rotatable bonds is 4. The molecule has 1 amide bonds. The van der Waals surface area contributed by atoms with Crippen molar-refractivity contribution in [2.24, 2.45) is 5.92 Å². The molecule has 0 aliphatic carbocycles. The minimum atomic E-state index is -0.827. The highest BCUT2D eigenvalue weighted by atomic mass is 16.5. The maximum Gasteiger partial charge on any atom is 0.308 e. The van der Waals surface area contributed by atoms with Crippen molar-refractivity contribution < 1.29 is 19.4 Å². The van der Waals surface area contributed by atoms with Crippen molar-refractivity contribution >= 4 is 18.0 Å². The van der Waals surface area contributed by atoms with Gasteiger partial charge in [0.2, 0.25) is 5.91 Å². The number of aliphatic carboxylic acids is 1. The third kappa shape index (κ3) is 4.08. The number of hydrogen-bond acceptors (Lipinski definition) is 3. The smallest absolute Gasteiger partial charge is 0.308 e. The molecule has 1 saturated heterocycles. The Balaban J connectivity index is 1.96. The van der Waals surface area contributed by atoms with E-state index in [1.807, 2.05) is 24.3 Å². The standard InChI is InChI=1S/C16H19NO4/c1-21-14-7-4-12(5-8-14)6-9-15(18)17-10-2-3-13(11-17)16(19)20/h4-9,13H,2-3,10-11H2,1H3,(H,19,20)/b9-6+/t13-/m0/s1. The molecule has 112 valence electrons. The molecule has 0 spiro atoms. The van der Waals surface area contributed by atoms with E-state index < -0.39 is 11.9 Å². The summed E-state index contributed by atoms with van der Waals surface area (Å²) >= 11 is 0. The normalized spacial score (nSPS) is 18.7. The van der Waals surface area contributed by atoms with Gasteiger partial charge < -0.3 is 14.7 Å². The lowest BCUT2D eigenvalue weighted by Crippen LogP contribution is -2.41. The molecule has 21 heavy (non-hydrogen) atoms. The fraction of sp³-hybridized carbons (Fsp3) is 0.375. The Morgan fingerprint density at radius 2 is 2.05 bits per heavy atom. The predicted octanol–water partition coefficient (Wildman–Crippen LogP) is 2.03. The van der Waals surface area contributed by atoms with E-state index in [-0.39, 0.29) is 5.91 Å². The van der Waals surface area contributed by atoms with Gasteiger partial charge in [0.25, 0.3) is 0 Å². The van der Waals surface area contributed by atoms with Crippen molar-refractivity contribution in [3.8, 4) is 5.75 Å². The van der Waals surface area contributed by atoms with Gasteiger partial charge in [-0.05, 0) is 36.6 Å². The van der Waals surface area contributed by atoms with Gasteiger partial charge in [-0.2, -0.15) is 0 Å². The minimum absolute atomic E-state index is 0.142. The Kier molecular flexibility index (Phi) is 4.98. The first-order chi connectivity index (χ1) is 10.1. The van der Waals surface area contributed by atoms with Crippen LogP contribution >= 0.6 is 0 Å². The molecule has 0 bridgehead atoms. The molecule has 2 rings (SSSR count). The van der Waals surface area contributed by atoms with Crippen LogP contribution in [0.4, 0.5) is 0 Å². The second-order valence-electron chi connectivity index (χ2n) is 5.07. The Hall–Kier alpha value is -2.30. The first kappa shape index (κ1) is 15.1. The third-order valence-electron chi connectivity index (χ3n) is 3.62. The summed E-state index contributed by atoms with van der Waals surface area (Å²) < 4.78 is 5.07. The van der Waals surface area contributed by atoms with Crippen LogP contribution in [-0.4, -0.2) is 42.1 Å². The van der Waals surface area contributed by atoms with E-state index in [0.717, 1.165) is 17.7 Å². The molecule has 1 N–H and O–H groups in total. The van der Waals surface area contributed by atoms with Crippen LogP contribution in [0.5, 0.6) is 5.75 Å². The van der Waals surface area contributed by atoms with Gasteiger partial charge in [-0.25, -0.2) is 0 Å². The molecular weight excluding hydrogens is 270 g/mol. The van der Waals surface area contributed by atoms with Gasteiger partial charge in [-0.1, -0.05) is 12.1 Å². The molecule has 0 aromatic heterocycles. The lowest BCUT2D eigenvalue weighted by Gasteiger charge is -2.29. The summed E-state index contributed by atoms with van der Waals surface area (Å²) in [7, 11) is 1.60. The van der Waals surface area contributed by atoms with Crippen molar-refractivity contribution in [3.63, 3.8) is 0 Å². The van der Waals surface area contributed by atoms with Crippen molar-refractivity contribution in [2.75, 3.05) is 20.2 Å². The summed E-state index contributed by atoms with van der Waals surface area (Å²) in [6.07, 6.45) is 4.60. The van der Waals surface area contributed by atoms with Crippen molar-refractivity contribution in [1.82, 2.24) is 4.90 Å². The molecule has 1 heterocycles. The average Bonchev–Trinajstić information content (AvgIpc) is 2.53. The minimum Gasteiger partial charge on any atom is -0.497 e. The number of amides is 1. The van der Waals surface area contributed by atoms with E-state index in [0.29, 0.717) is 19.5 Å². The summed E-state index contributed by atoms with van der Waals surface area (Å²) in [5.41, 5.74) is 0.899. The molecular formula is C16H19NO4. The molecule has 0 radical (unpaired) electrons. The number of ether oxygens (including phenoxy) is 1. The number of carboxylic acid groups (broad SMARTS) is 1. The number of carbonyl (C=O) groups is 2. The molecule has 1 aliphatic rings. The number of likely N-dealkylation sites (tertiary alicyclic amines) is 1. The Morgan fingerprint density at radius 3 is 2.67 bits per heavy atom. The molecule has 0 saturated carbocycles. The number of carbonyl (C=O) groups excluding carboxylic acids is 1. The van der Waals surface area contributed by atoms with Crippen LogP contribution in [-0.2, 0) is 9.59 Å². The quantitative estimate of drug-likeness (QED) is 0.861. The number of nitrogens with zero attached hydrogens (tertiary/aromatic N) is 1. The summed E-state index contributed by atoms with van der Waals surface area (Å²) in [6.45, 7) is 0.913. The van der Waals surface area contributed by atoms with E-state index in [1.54, 1.807) is 18.1 Å². The van der Waals surface area contributed by atoms with Crippen LogP contribution < -0.4 is 4.74 Å². The summed E-state index contributed by atoms with van der Waals surface area (Å²) in [5.74, 6) is -0.653. The van der Waals surface area contributed by atoms with Crippen molar-refractivity contribution in [1.29, 1.82) is 0 Å². The second-order valence-corrected chi connectivity index (χ2v) is 5.07. The highest BCUT2D eigenvalue weighted by molar-refractivity contribution is 5.92. The highest BCUT2D eigenvalue weighted by Gasteiger charge is 2.26. The van der Waals surface area contributed by atoms with Crippen molar-refractivity contribution in [2.45, 2.75) is 12.8 Å². The third-order valence-corrected chi connectivity index (χ3v) is 3.62. The van der Waals surface area contributed by atoms with E-state index in [1.165, 1.54) is 6.08 Å². The maximum atomic E-state index is 12.1. The van der Waals surface area contributed by atoms with Gasteiger partial charge in [0.15, 0.2) is 0 Å². The van der Waals surface area contributed by atoms with Gasteiger partial charge in [-0.15, -0.1) is 0 Å². The number of hydrogen-bond donors (Lipinski definition) is 1. The maximum absolute atomic E-state index is 12.1. The molecule has 1 aromatic carbocycles. The van der Waals surface area contributed by atoms with Crippen molar-refractivity contribution in [3.05, 3.63) is 35.9 Å². The van der Waals surface area contributed by atoms with Crippen LogP contribution in [0, 0.1) is 5.92 Å². The first-order valence-electron chi connectivity index (χ1n) is 6.94. The molecule has 1 fully saturated rings. The Morgan fingerprint density at radius 1 is 1.33 bits per heavy atom. The zero-order valence-electron chi connectivity index (χ0n) is 12.0. The van der Waals surface area contributed by atoms with E-state index in [9.17, 15) is 9.59 Å². The van der Waals surface area contributed by atoms with E-state index in [4.69, 9.17) is 9.84 Å². The van der Waals surface area contributed by atoms with Gasteiger partial charge in [-0.3, -0.25) is 9.59 Å². The van der Waals surface area contributed by atoms with Crippen LogP contribution in [0.15, 0.2) is 30.3 Å². The highest BCUT2D eigenvalue weighted by Crippen LogP contribution is 2.17. The summed E-state index contributed by atoms with van der Waals surface area (Å²) in [6, 6.07) is 7.37. The topological polar surface area (TPSA) is 66.8 Å². The fourth-order valence-electron chi connectivity index (χ4n) is 2.37. The van der Waals surface area contributed by atoms with Crippen LogP contribution in [0.25, 0.3) is 6.08 Å². The average molecular weight is 289 g/mol. The predicted molar refractivity (Wildman–Crippen MR) is 79.0 cm³/mol. The largest absolute Gasteiger partial charge is 0.497 e. The fourth-order valence-corrected chi connectivity index (χ4v) is 2.37. The number of methoxy groups -OCH3 is 1. The lowest BCUT2D eigenvalue weighted by atomic mass is 9.98. The second kappa shape index (κ2) is 6.92. The number of piperidine rings is 1. The zero-order chi connectivity index (χ0) is 15.2. The molecule has 1 aromatic rings. The monoisotopic (exact) mass is 289 g/mol. The molecule has 1 atom stereocenters. The first-order valence-corrected chi connectivity index (χ1v) is 6.94. The van der Waals surface area contributed by atoms with E-state index >= 15 is 0 Å². The summed E-state index contributed by atoms with van der Waals surface area (Å²) in [5, 5.41) is 9.03. The van der Waals surface area contributed by atoms with Gasteiger partial charge >= 0.3 is 5.97 Å². The Bertz CT molecular complexity index is 536. The zero-order valence-corrected chi connectivity index (χ0v) is 12.0. The SMILES string of the molecule is COc1ccc(/C=C/C(=O)N2CCC[C@H](C(=O)O)C2)cc1. The molecule has 5 nitrogen and oxygen atoms in total. The Labute approximate surface area is 123 Å². The lowest BCUT2D eigenvalue weighted by molar-refractivity contribution is -0.144. The number of carboxylic acids is 1. The van der Waals surface area contributed by atoms with Gasteiger partial charge in [0.1, 0.15) is 5.75 Å². The van der Waals surface area contributed by atoms with E-state index in [2.05, 4.69) is 0 Å². The van der Waals surface area contributed by atoms with Crippen LogP contribution in [0.3, 0.4) is 0 Å².